The van der Waals surface area contributed by atoms with Gasteiger partial charge in [0, 0.05) is 18.0 Å². The summed E-state index contributed by atoms with van der Waals surface area (Å²) in [5.74, 6) is 1.68. The number of nitrogens with zero attached hydrogens (tertiary/aromatic N) is 1. The molecule has 5 heteroatoms. The lowest BCUT2D eigenvalue weighted by Crippen LogP contribution is -2.31. The molecule has 0 fully saturated rings. The fourth-order valence-corrected chi connectivity index (χ4v) is 1.92. The Morgan fingerprint density at radius 2 is 2.15 bits per heavy atom. The van der Waals surface area contributed by atoms with Crippen molar-refractivity contribution in [1.82, 2.24) is 10.5 Å². The molecule has 2 rings (SSSR count). The lowest BCUT2D eigenvalue weighted by atomic mass is 10.1. The van der Waals surface area contributed by atoms with Crippen LogP contribution in [0.25, 0.3) is 0 Å². The Morgan fingerprint density at radius 3 is 2.75 bits per heavy atom. The summed E-state index contributed by atoms with van der Waals surface area (Å²) in [6.07, 6.45) is 1.47. The van der Waals surface area contributed by atoms with Crippen LogP contribution >= 0.6 is 0 Å². The molecule has 2 heterocycles. The number of aryl methyl sites for hydroxylation is 2. The second-order valence-corrected chi connectivity index (χ2v) is 5.03. The van der Waals surface area contributed by atoms with Gasteiger partial charge in [-0.05, 0) is 39.3 Å². The second-order valence-electron chi connectivity index (χ2n) is 5.03. The van der Waals surface area contributed by atoms with Gasteiger partial charge in [0.25, 0.3) is 5.91 Å². The molecule has 0 aliphatic carbocycles. The standard InChI is InChI=1S/C15H20N2O3/c1-5-9(2)16-15(18)14-7-6-12(19-14)8-13-10(3)17-20-11(13)4/h6-7,9H,5,8H2,1-4H3,(H,16,18)/t9-/m0/s1. The van der Waals surface area contributed by atoms with E-state index in [2.05, 4.69) is 10.5 Å². The summed E-state index contributed by atoms with van der Waals surface area (Å²) in [6, 6.07) is 3.65. The molecule has 0 saturated heterocycles. The van der Waals surface area contributed by atoms with Gasteiger partial charge in [0.2, 0.25) is 0 Å². The van der Waals surface area contributed by atoms with E-state index in [1.807, 2.05) is 33.8 Å². The number of rotatable bonds is 5. The van der Waals surface area contributed by atoms with Crippen LogP contribution in [0.1, 0.15) is 53.6 Å². The van der Waals surface area contributed by atoms with Crippen LogP contribution in [-0.2, 0) is 6.42 Å². The molecule has 2 aromatic rings. The fraction of sp³-hybridized carbons (Fsp3) is 0.467. The Hall–Kier alpha value is -2.04. The van der Waals surface area contributed by atoms with E-state index in [0.717, 1.165) is 29.2 Å². The van der Waals surface area contributed by atoms with Gasteiger partial charge in [-0.25, -0.2) is 0 Å². The van der Waals surface area contributed by atoms with E-state index in [1.54, 1.807) is 6.07 Å². The third-order valence-corrected chi connectivity index (χ3v) is 3.41. The molecule has 108 valence electrons. The van der Waals surface area contributed by atoms with Crippen molar-refractivity contribution < 1.29 is 13.7 Å². The van der Waals surface area contributed by atoms with Crippen molar-refractivity contribution in [3.8, 4) is 0 Å². The van der Waals surface area contributed by atoms with Crippen molar-refractivity contribution >= 4 is 5.91 Å². The average Bonchev–Trinajstić information content (AvgIpc) is 3.01. The van der Waals surface area contributed by atoms with Crippen molar-refractivity contribution in [1.29, 1.82) is 0 Å². The highest BCUT2D eigenvalue weighted by atomic mass is 16.5. The Labute approximate surface area is 118 Å². The van der Waals surface area contributed by atoms with Crippen LogP contribution in [0.2, 0.25) is 0 Å². The molecule has 20 heavy (non-hydrogen) atoms. The predicted molar refractivity (Wildman–Crippen MR) is 74.7 cm³/mol. The van der Waals surface area contributed by atoms with Gasteiger partial charge in [0.15, 0.2) is 5.76 Å². The van der Waals surface area contributed by atoms with E-state index in [4.69, 9.17) is 8.94 Å². The second kappa shape index (κ2) is 5.94. The molecular weight excluding hydrogens is 256 g/mol. The minimum Gasteiger partial charge on any atom is -0.456 e. The number of nitrogens with one attached hydrogen (secondary N) is 1. The lowest BCUT2D eigenvalue weighted by molar-refractivity contribution is 0.0909. The lowest BCUT2D eigenvalue weighted by Gasteiger charge is -2.09. The highest BCUT2D eigenvalue weighted by Gasteiger charge is 2.15. The largest absolute Gasteiger partial charge is 0.456 e. The van der Waals surface area contributed by atoms with Crippen molar-refractivity contribution in [2.45, 2.75) is 46.6 Å². The normalized spacial score (nSPS) is 12.4. The first-order valence-electron chi connectivity index (χ1n) is 6.82. The van der Waals surface area contributed by atoms with Gasteiger partial charge in [0.05, 0.1) is 5.69 Å². The summed E-state index contributed by atoms with van der Waals surface area (Å²) < 4.78 is 10.7. The van der Waals surface area contributed by atoms with Gasteiger partial charge >= 0.3 is 0 Å². The van der Waals surface area contributed by atoms with Gasteiger partial charge < -0.3 is 14.3 Å². The number of hydrogen-bond acceptors (Lipinski definition) is 4. The number of aromatic nitrogens is 1. The molecule has 1 amide bonds. The molecule has 1 N–H and O–H groups in total. The number of carbonyl (C=O) groups is 1. The highest BCUT2D eigenvalue weighted by Crippen LogP contribution is 2.19. The van der Waals surface area contributed by atoms with E-state index in [1.165, 1.54) is 0 Å². The van der Waals surface area contributed by atoms with E-state index in [-0.39, 0.29) is 11.9 Å². The number of carbonyl (C=O) groups excluding carboxylic acids is 1. The van der Waals surface area contributed by atoms with Crippen molar-refractivity contribution in [2.75, 3.05) is 0 Å². The smallest absolute Gasteiger partial charge is 0.287 e. The van der Waals surface area contributed by atoms with Crippen LogP contribution in [-0.4, -0.2) is 17.1 Å². The van der Waals surface area contributed by atoms with E-state index in [0.29, 0.717) is 12.2 Å². The quantitative estimate of drug-likeness (QED) is 0.911. The first kappa shape index (κ1) is 14.4. The van der Waals surface area contributed by atoms with Crippen LogP contribution in [0.3, 0.4) is 0 Å². The van der Waals surface area contributed by atoms with Gasteiger partial charge in [0.1, 0.15) is 11.5 Å². The monoisotopic (exact) mass is 276 g/mol. The minimum atomic E-state index is -0.177. The zero-order chi connectivity index (χ0) is 14.7. The van der Waals surface area contributed by atoms with Crippen molar-refractivity contribution in [2.24, 2.45) is 0 Å². The molecule has 5 nitrogen and oxygen atoms in total. The van der Waals surface area contributed by atoms with Crippen LogP contribution in [0.5, 0.6) is 0 Å². The van der Waals surface area contributed by atoms with Gasteiger partial charge in [-0.1, -0.05) is 12.1 Å². The SMILES string of the molecule is CC[C@H](C)NC(=O)c1ccc(Cc2c(C)noc2C)o1. The van der Waals surface area contributed by atoms with Gasteiger partial charge in [-0.15, -0.1) is 0 Å². The molecule has 0 aliphatic rings. The zero-order valence-electron chi connectivity index (χ0n) is 12.3. The topological polar surface area (TPSA) is 68.3 Å². The van der Waals surface area contributed by atoms with Crippen LogP contribution in [0, 0.1) is 13.8 Å². The van der Waals surface area contributed by atoms with Crippen molar-refractivity contribution in [3.63, 3.8) is 0 Å². The molecule has 0 bridgehead atoms. The first-order chi connectivity index (χ1) is 9.51. The molecule has 2 aromatic heterocycles. The molecule has 0 unspecified atom stereocenters. The van der Waals surface area contributed by atoms with Gasteiger partial charge in [-0.3, -0.25) is 4.79 Å². The summed E-state index contributed by atoms with van der Waals surface area (Å²) in [6.45, 7) is 7.75. The number of hydrogen-bond donors (Lipinski definition) is 1. The molecule has 0 spiro atoms. The number of furan rings is 1. The summed E-state index contributed by atoms with van der Waals surface area (Å²) >= 11 is 0. The van der Waals surface area contributed by atoms with E-state index < -0.39 is 0 Å². The van der Waals surface area contributed by atoms with Crippen molar-refractivity contribution in [3.05, 3.63) is 40.7 Å². The molecule has 0 aliphatic heterocycles. The van der Waals surface area contributed by atoms with Gasteiger partial charge in [-0.2, -0.15) is 0 Å². The maximum Gasteiger partial charge on any atom is 0.287 e. The Kier molecular flexibility index (Phi) is 4.27. The maximum atomic E-state index is 11.9. The molecule has 0 radical (unpaired) electrons. The minimum absolute atomic E-state index is 0.138. The third kappa shape index (κ3) is 3.10. The first-order valence-corrected chi connectivity index (χ1v) is 6.82. The predicted octanol–water partition coefficient (Wildman–Crippen LogP) is 3.00. The Morgan fingerprint density at radius 1 is 1.40 bits per heavy atom. The summed E-state index contributed by atoms with van der Waals surface area (Å²) in [7, 11) is 0. The maximum absolute atomic E-state index is 11.9. The highest BCUT2D eigenvalue weighted by molar-refractivity contribution is 5.91. The molecule has 0 aromatic carbocycles. The zero-order valence-corrected chi connectivity index (χ0v) is 12.3. The molecular formula is C15H20N2O3. The Bertz CT molecular complexity index is 579. The van der Waals surface area contributed by atoms with E-state index in [9.17, 15) is 4.79 Å². The summed E-state index contributed by atoms with van der Waals surface area (Å²) in [4.78, 5) is 11.9. The number of amides is 1. The summed E-state index contributed by atoms with van der Waals surface area (Å²) in [5.41, 5.74) is 1.86. The van der Waals surface area contributed by atoms with Crippen LogP contribution < -0.4 is 5.32 Å². The average molecular weight is 276 g/mol. The van der Waals surface area contributed by atoms with Crippen LogP contribution in [0.4, 0.5) is 0 Å². The van der Waals surface area contributed by atoms with Crippen LogP contribution in [0.15, 0.2) is 21.1 Å². The Balaban J connectivity index is 2.08. The van der Waals surface area contributed by atoms with E-state index >= 15 is 0 Å². The third-order valence-electron chi connectivity index (χ3n) is 3.41. The molecule has 1 atom stereocenters. The molecule has 0 saturated carbocycles. The summed E-state index contributed by atoms with van der Waals surface area (Å²) in [5, 5.41) is 6.79. The fourth-order valence-electron chi connectivity index (χ4n) is 1.92.